The zero-order valence-corrected chi connectivity index (χ0v) is 13.6. The van der Waals surface area contributed by atoms with Gasteiger partial charge in [0.25, 0.3) is 0 Å². The van der Waals surface area contributed by atoms with Crippen molar-refractivity contribution in [3.63, 3.8) is 0 Å². The van der Waals surface area contributed by atoms with Crippen LogP contribution >= 0.6 is 0 Å². The normalized spacial score (nSPS) is 34.1. The molecular formula is C17H26N2OS. The highest BCUT2D eigenvalue weighted by atomic mass is 32.2. The first-order valence-electron chi connectivity index (χ1n) is 8.09. The Hall–Kier alpha value is -0.710. The summed E-state index contributed by atoms with van der Waals surface area (Å²) < 4.78 is 11.4. The second-order valence-corrected chi connectivity index (χ2v) is 8.18. The summed E-state index contributed by atoms with van der Waals surface area (Å²) in [7, 11) is -0.555. The Morgan fingerprint density at radius 1 is 1.19 bits per heavy atom. The molecular weight excluding hydrogens is 280 g/mol. The average molecular weight is 306 g/mol. The maximum absolute atomic E-state index is 11.4. The molecule has 2 unspecified atom stereocenters. The largest absolute Gasteiger partial charge is 0.310 e. The van der Waals surface area contributed by atoms with E-state index in [1.165, 1.54) is 12.0 Å². The van der Waals surface area contributed by atoms with Crippen LogP contribution in [0.2, 0.25) is 0 Å². The van der Waals surface area contributed by atoms with Gasteiger partial charge in [-0.15, -0.1) is 0 Å². The van der Waals surface area contributed by atoms with Crippen molar-refractivity contribution in [1.82, 2.24) is 10.2 Å². The van der Waals surface area contributed by atoms with Crippen LogP contribution in [-0.4, -0.2) is 45.3 Å². The van der Waals surface area contributed by atoms with Crippen molar-refractivity contribution in [2.45, 2.75) is 50.9 Å². The molecule has 4 heteroatoms. The van der Waals surface area contributed by atoms with E-state index in [2.05, 4.69) is 47.5 Å². The van der Waals surface area contributed by atoms with Crippen molar-refractivity contribution in [3.05, 3.63) is 35.9 Å². The van der Waals surface area contributed by atoms with Crippen LogP contribution < -0.4 is 5.32 Å². The number of nitrogens with one attached hydrogen (secondary N) is 1. The van der Waals surface area contributed by atoms with E-state index in [0.717, 1.165) is 37.4 Å². The lowest BCUT2D eigenvalue weighted by molar-refractivity contribution is 0.255. The summed E-state index contributed by atoms with van der Waals surface area (Å²) in [5, 5.41) is 3.81. The molecule has 116 valence electrons. The monoisotopic (exact) mass is 306 g/mol. The SMILES string of the molecule is CC1CC(NC2CCS(=O)CC2)CN1Cc1ccccc1. The first-order chi connectivity index (χ1) is 10.2. The van der Waals surface area contributed by atoms with Crippen LogP contribution in [0.15, 0.2) is 30.3 Å². The topological polar surface area (TPSA) is 32.3 Å². The Balaban J connectivity index is 1.50. The molecule has 1 aromatic carbocycles. The van der Waals surface area contributed by atoms with E-state index in [4.69, 9.17) is 0 Å². The minimum atomic E-state index is -0.555. The Morgan fingerprint density at radius 2 is 1.90 bits per heavy atom. The molecule has 0 spiro atoms. The van der Waals surface area contributed by atoms with Crippen LogP contribution in [0.1, 0.15) is 31.7 Å². The number of benzene rings is 1. The maximum atomic E-state index is 11.4. The Labute approximate surface area is 130 Å². The molecule has 0 radical (unpaired) electrons. The first-order valence-corrected chi connectivity index (χ1v) is 9.58. The molecule has 3 nitrogen and oxygen atoms in total. The number of hydrogen-bond acceptors (Lipinski definition) is 3. The number of rotatable bonds is 4. The van der Waals surface area contributed by atoms with E-state index in [0.29, 0.717) is 18.1 Å². The van der Waals surface area contributed by atoms with E-state index in [-0.39, 0.29) is 0 Å². The molecule has 3 rings (SSSR count). The fourth-order valence-corrected chi connectivity index (χ4v) is 4.85. The standard InChI is InChI=1S/C17H26N2OS/c1-14-11-17(18-16-7-9-21(20)10-8-16)13-19(14)12-15-5-3-2-4-6-15/h2-6,14,16-18H,7-13H2,1H3. The Kier molecular flexibility index (Phi) is 5.09. The van der Waals surface area contributed by atoms with E-state index >= 15 is 0 Å². The summed E-state index contributed by atoms with van der Waals surface area (Å²) in [6.45, 7) is 4.52. The molecule has 21 heavy (non-hydrogen) atoms. The minimum Gasteiger partial charge on any atom is -0.310 e. The first kappa shape index (κ1) is 15.2. The third-order valence-electron chi connectivity index (χ3n) is 4.79. The van der Waals surface area contributed by atoms with Gasteiger partial charge in [0, 0.05) is 53.5 Å². The maximum Gasteiger partial charge on any atom is 0.0249 e. The predicted octanol–water partition coefficient (Wildman–Crippen LogP) is 2.15. The van der Waals surface area contributed by atoms with Gasteiger partial charge in [0.05, 0.1) is 0 Å². The molecule has 2 saturated heterocycles. The molecule has 2 aliphatic heterocycles. The van der Waals surface area contributed by atoms with Crippen molar-refractivity contribution < 1.29 is 4.21 Å². The molecule has 0 aliphatic carbocycles. The van der Waals surface area contributed by atoms with Crippen LogP contribution in [0.4, 0.5) is 0 Å². The van der Waals surface area contributed by atoms with Gasteiger partial charge in [0.15, 0.2) is 0 Å². The van der Waals surface area contributed by atoms with Gasteiger partial charge >= 0.3 is 0 Å². The second-order valence-electron chi connectivity index (χ2n) is 6.49. The lowest BCUT2D eigenvalue weighted by atomic mass is 10.1. The molecule has 0 amide bonds. The van der Waals surface area contributed by atoms with Gasteiger partial charge < -0.3 is 5.32 Å². The second kappa shape index (κ2) is 7.03. The molecule has 2 aliphatic rings. The Bertz CT molecular complexity index is 469. The van der Waals surface area contributed by atoms with Crippen LogP contribution in [0.3, 0.4) is 0 Å². The summed E-state index contributed by atoms with van der Waals surface area (Å²) in [5.74, 6) is 1.77. The van der Waals surface area contributed by atoms with E-state index in [1.54, 1.807) is 0 Å². The molecule has 2 fully saturated rings. The number of hydrogen-bond donors (Lipinski definition) is 1. The fourth-order valence-electron chi connectivity index (χ4n) is 3.55. The van der Waals surface area contributed by atoms with E-state index < -0.39 is 10.8 Å². The highest BCUT2D eigenvalue weighted by Crippen LogP contribution is 2.22. The summed E-state index contributed by atoms with van der Waals surface area (Å²) >= 11 is 0. The van der Waals surface area contributed by atoms with Crippen molar-refractivity contribution in [1.29, 1.82) is 0 Å². The van der Waals surface area contributed by atoms with Crippen molar-refractivity contribution in [2.75, 3.05) is 18.1 Å². The summed E-state index contributed by atoms with van der Waals surface area (Å²) in [4.78, 5) is 2.58. The summed E-state index contributed by atoms with van der Waals surface area (Å²) in [6, 6.07) is 12.6. The molecule has 0 bridgehead atoms. The smallest absolute Gasteiger partial charge is 0.0249 e. The third kappa shape index (κ3) is 4.15. The highest BCUT2D eigenvalue weighted by molar-refractivity contribution is 7.85. The summed E-state index contributed by atoms with van der Waals surface area (Å²) in [6.07, 6.45) is 3.39. The van der Waals surface area contributed by atoms with E-state index in [1.807, 2.05) is 0 Å². The van der Waals surface area contributed by atoms with Crippen molar-refractivity contribution in [2.24, 2.45) is 0 Å². The lowest BCUT2D eigenvalue weighted by Gasteiger charge is -2.26. The average Bonchev–Trinajstić information content (AvgIpc) is 2.82. The van der Waals surface area contributed by atoms with Gasteiger partial charge in [-0.05, 0) is 31.7 Å². The molecule has 2 heterocycles. The molecule has 2 atom stereocenters. The van der Waals surface area contributed by atoms with Gasteiger partial charge in [-0.25, -0.2) is 0 Å². The van der Waals surface area contributed by atoms with Gasteiger partial charge in [-0.2, -0.15) is 0 Å². The summed E-state index contributed by atoms with van der Waals surface area (Å²) in [5.41, 5.74) is 1.40. The zero-order chi connectivity index (χ0) is 14.7. The Morgan fingerprint density at radius 3 is 2.62 bits per heavy atom. The lowest BCUT2D eigenvalue weighted by Crippen LogP contribution is -2.43. The number of nitrogens with zero attached hydrogens (tertiary/aromatic N) is 1. The molecule has 0 saturated carbocycles. The third-order valence-corrected chi connectivity index (χ3v) is 6.17. The van der Waals surface area contributed by atoms with E-state index in [9.17, 15) is 4.21 Å². The van der Waals surface area contributed by atoms with Gasteiger partial charge in [-0.3, -0.25) is 9.11 Å². The van der Waals surface area contributed by atoms with Gasteiger partial charge in [-0.1, -0.05) is 30.3 Å². The molecule has 0 aromatic heterocycles. The van der Waals surface area contributed by atoms with Crippen molar-refractivity contribution >= 4 is 10.8 Å². The number of likely N-dealkylation sites (tertiary alicyclic amines) is 1. The van der Waals surface area contributed by atoms with Crippen LogP contribution in [0.25, 0.3) is 0 Å². The van der Waals surface area contributed by atoms with Gasteiger partial charge in [0.1, 0.15) is 0 Å². The fraction of sp³-hybridized carbons (Fsp3) is 0.647. The minimum absolute atomic E-state index is 0.555. The van der Waals surface area contributed by atoms with Crippen LogP contribution in [-0.2, 0) is 17.3 Å². The molecule has 1 N–H and O–H groups in total. The zero-order valence-electron chi connectivity index (χ0n) is 12.8. The van der Waals surface area contributed by atoms with Crippen molar-refractivity contribution in [3.8, 4) is 0 Å². The highest BCUT2D eigenvalue weighted by Gasteiger charge is 2.30. The van der Waals surface area contributed by atoms with Crippen LogP contribution in [0, 0.1) is 0 Å². The predicted molar refractivity (Wildman–Crippen MR) is 88.8 cm³/mol. The quantitative estimate of drug-likeness (QED) is 0.925. The van der Waals surface area contributed by atoms with Gasteiger partial charge in [0.2, 0.25) is 0 Å². The van der Waals surface area contributed by atoms with Crippen LogP contribution in [0.5, 0.6) is 0 Å². The molecule has 1 aromatic rings.